The van der Waals surface area contributed by atoms with Gasteiger partial charge in [-0.15, -0.1) is 0 Å². The van der Waals surface area contributed by atoms with E-state index in [4.69, 9.17) is 30.4 Å². The van der Waals surface area contributed by atoms with E-state index in [-0.39, 0.29) is 45.0 Å². The Morgan fingerprint density at radius 2 is 1.05 bits per heavy atom. The Hall–Kier alpha value is -4.08. The van der Waals surface area contributed by atoms with E-state index in [0.717, 1.165) is 51.4 Å². The highest BCUT2D eigenvalue weighted by Gasteiger charge is 2.22. The van der Waals surface area contributed by atoms with E-state index in [1.807, 2.05) is 0 Å². The molecule has 0 radical (unpaired) electrons. The van der Waals surface area contributed by atoms with Gasteiger partial charge in [0.15, 0.2) is 11.5 Å². The molecule has 0 aliphatic heterocycles. The number of anilines is 2. The summed E-state index contributed by atoms with van der Waals surface area (Å²) in [6.45, 7) is 5.11. The predicted molar refractivity (Wildman–Crippen MR) is 156 cm³/mol. The number of aromatic nitrogens is 2. The smallest absolute Gasteiger partial charge is 0.151 e. The lowest BCUT2D eigenvalue weighted by Crippen LogP contribution is -2.03. The molecule has 0 amide bonds. The van der Waals surface area contributed by atoms with Crippen LogP contribution in [0.15, 0.2) is 12.1 Å². The second-order valence-corrected chi connectivity index (χ2v) is 9.97. The normalized spacial score (nSPS) is 11.4. The van der Waals surface area contributed by atoms with Gasteiger partial charge >= 0.3 is 0 Å². The van der Waals surface area contributed by atoms with Gasteiger partial charge in [-0.2, -0.15) is 0 Å². The molecule has 0 fully saturated rings. The molecule has 10 nitrogen and oxygen atoms in total. The van der Waals surface area contributed by atoms with E-state index in [0.29, 0.717) is 35.7 Å². The van der Waals surface area contributed by atoms with E-state index in [1.54, 1.807) is 12.1 Å². The molecule has 0 aliphatic rings. The molecule has 4 rings (SSSR count). The highest BCUT2D eigenvalue weighted by molar-refractivity contribution is 6.08. The number of fused-ring (bicyclic) bond motifs is 2. The van der Waals surface area contributed by atoms with Crippen molar-refractivity contribution in [2.75, 3.05) is 38.9 Å². The number of nitrogen functional groups attached to an aromatic ring is 2. The summed E-state index contributed by atoms with van der Waals surface area (Å²) in [5, 5.41) is 28.2. The highest BCUT2D eigenvalue weighted by Crippen LogP contribution is 2.51. The summed E-state index contributed by atoms with van der Waals surface area (Å²) < 4.78 is 23.0. The fourth-order valence-corrected chi connectivity index (χ4v) is 5.01. The number of methoxy groups -OCH3 is 2. The first-order chi connectivity index (χ1) is 19.4. The van der Waals surface area contributed by atoms with Gasteiger partial charge in [-0.05, 0) is 12.8 Å². The minimum Gasteiger partial charge on any atom is -0.870 e. The quantitative estimate of drug-likeness (QED) is 0.110. The number of nitrogens with two attached hydrogens (primary N) is 2. The summed E-state index contributed by atoms with van der Waals surface area (Å²) in [6, 6.07) is 3.22. The lowest BCUT2D eigenvalue weighted by molar-refractivity contribution is -0.268. The summed E-state index contributed by atoms with van der Waals surface area (Å²) in [5.74, 6) is 0.442. The number of H-pyrrole nitrogens is 2. The molecule has 0 atom stereocenters. The number of nitrogens with one attached hydrogen (secondary N) is 2. The number of hydrogen-bond acceptors (Lipinski definition) is 8. The van der Waals surface area contributed by atoms with Crippen molar-refractivity contribution in [1.82, 2.24) is 9.97 Å². The van der Waals surface area contributed by atoms with Gasteiger partial charge in [-0.1, -0.05) is 63.9 Å². The van der Waals surface area contributed by atoms with Gasteiger partial charge in [0.05, 0.1) is 61.2 Å². The molecule has 218 valence electrons. The van der Waals surface area contributed by atoms with Gasteiger partial charge in [-0.3, -0.25) is 0 Å². The number of rotatable bonds is 15. The molecular weight excluding hydrogens is 512 g/mol. The maximum absolute atomic E-state index is 13.8. The van der Waals surface area contributed by atoms with Crippen molar-refractivity contribution < 1.29 is 29.2 Å². The monoisotopic (exact) mass is 552 g/mol. The maximum Gasteiger partial charge on any atom is 0.151 e. The summed E-state index contributed by atoms with van der Waals surface area (Å²) in [4.78, 5) is 6.20. The molecule has 0 spiro atoms. The molecule has 10 heteroatoms. The summed E-state index contributed by atoms with van der Waals surface area (Å²) in [5.41, 5.74) is 14.1. The Balaban J connectivity index is 1.82. The van der Waals surface area contributed by atoms with Crippen molar-refractivity contribution in [3.05, 3.63) is 12.1 Å². The van der Waals surface area contributed by atoms with Crippen molar-refractivity contribution >= 4 is 33.2 Å². The Bertz CT molecular complexity index is 1350. The largest absolute Gasteiger partial charge is 0.870 e. The third-order valence-corrected chi connectivity index (χ3v) is 7.13. The fourth-order valence-electron chi connectivity index (χ4n) is 5.01. The molecule has 2 aromatic carbocycles. The second kappa shape index (κ2) is 12.8. The Labute approximate surface area is 234 Å². The van der Waals surface area contributed by atoms with Gasteiger partial charge in [0.25, 0.3) is 0 Å². The van der Waals surface area contributed by atoms with E-state index in [9.17, 15) is 10.2 Å². The average molecular weight is 553 g/mol. The van der Waals surface area contributed by atoms with Crippen LogP contribution in [-0.2, 0) is 0 Å². The van der Waals surface area contributed by atoms with Gasteiger partial charge in [0.1, 0.15) is 11.5 Å². The van der Waals surface area contributed by atoms with Crippen molar-refractivity contribution in [2.24, 2.45) is 0 Å². The van der Waals surface area contributed by atoms with Gasteiger partial charge in [0.2, 0.25) is 0 Å². The average Bonchev–Trinajstić information content (AvgIpc) is 3.46. The van der Waals surface area contributed by atoms with Crippen molar-refractivity contribution in [3.63, 3.8) is 0 Å². The summed E-state index contributed by atoms with van der Waals surface area (Å²) >= 11 is 0. The van der Waals surface area contributed by atoms with Gasteiger partial charge in [0, 0.05) is 22.9 Å². The van der Waals surface area contributed by atoms with Crippen molar-refractivity contribution in [3.8, 4) is 45.9 Å². The molecule has 6 N–H and O–H groups in total. The topological polar surface area (TPSA) is 167 Å². The van der Waals surface area contributed by atoms with Gasteiger partial charge in [-0.25, -0.2) is 0 Å². The lowest BCUT2D eigenvalue weighted by atomic mass is 10.1. The zero-order valence-corrected chi connectivity index (χ0v) is 23.8. The summed E-state index contributed by atoms with van der Waals surface area (Å²) in [7, 11) is 2.98. The number of unbranched alkanes of at least 4 members (excludes halogenated alkanes) is 6. The molecule has 0 saturated heterocycles. The number of aromatic amines is 2. The molecule has 0 saturated carbocycles. The zero-order chi connectivity index (χ0) is 28.8. The molecule has 0 bridgehead atoms. The van der Waals surface area contributed by atoms with Crippen LogP contribution in [0.2, 0.25) is 0 Å². The molecule has 2 aromatic heterocycles. The van der Waals surface area contributed by atoms with Crippen LogP contribution < -0.4 is 40.6 Å². The van der Waals surface area contributed by atoms with E-state index < -0.39 is 11.5 Å². The SMILES string of the molecule is CCCCCCOc1c(N)cc(OC)c2[nH]c(-c3[nH]c4c(OC)cc(N)c(OCCCCCC)c4c3[O-])c([O-])c12. The maximum atomic E-state index is 13.8. The van der Waals surface area contributed by atoms with Crippen molar-refractivity contribution in [1.29, 1.82) is 0 Å². The van der Waals surface area contributed by atoms with E-state index >= 15 is 0 Å². The molecule has 40 heavy (non-hydrogen) atoms. The van der Waals surface area contributed by atoms with Gasteiger partial charge < -0.3 is 50.6 Å². The first kappa shape index (κ1) is 28.9. The third kappa shape index (κ3) is 5.48. The van der Waals surface area contributed by atoms with Crippen LogP contribution in [0.25, 0.3) is 33.2 Å². The molecule has 2 heterocycles. The first-order valence-electron chi connectivity index (χ1n) is 14.0. The summed E-state index contributed by atoms with van der Waals surface area (Å²) in [6.07, 6.45) is 8.10. The van der Waals surface area contributed by atoms with Crippen LogP contribution in [0, 0.1) is 0 Å². The number of hydrogen-bond donors (Lipinski definition) is 4. The van der Waals surface area contributed by atoms with E-state index in [2.05, 4.69) is 23.8 Å². The lowest BCUT2D eigenvalue weighted by Gasteiger charge is -2.17. The minimum absolute atomic E-state index is 0.0606. The Morgan fingerprint density at radius 3 is 1.40 bits per heavy atom. The Morgan fingerprint density at radius 1 is 0.650 bits per heavy atom. The molecule has 4 aromatic rings. The zero-order valence-electron chi connectivity index (χ0n) is 23.8. The third-order valence-electron chi connectivity index (χ3n) is 7.13. The van der Waals surface area contributed by atoms with Crippen molar-refractivity contribution in [2.45, 2.75) is 65.2 Å². The number of benzene rings is 2. The fraction of sp³-hybridized carbons (Fsp3) is 0.467. The van der Waals surface area contributed by atoms with Crippen LogP contribution in [0.3, 0.4) is 0 Å². The van der Waals surface area contributed by atoms with Crippen LogP contribution in [-0.4, -0.2) is 37.4 Å². The van der Waals surface area contributed by atoms with Crippen LogP contribution >= 0.6 is 0 Å². The highest BCUT2D eigenvalue weighted by atomic mass is 16.5. The number of ether oxygens (including phenoxy) is 4. The molecular formula is C30H40N4O6-2. The standard InChI is InChI=1S/C30H42N4O6/c1-5-7-9-11-13-39-29-17(31)15-19(37-3)23-21(29)27(35)25(33-23)26-28(36)22-24(34-26)20(38-4)16-18(32)30(22)40-14-12-10-8-6-2/h15-16,33-36H,5-14,31-32H2,1-4H3/p-2. The second-order valence-electron chi connectivity index (χ2n) is 9.97. The van der Waals surface area contributed by atoms with Crippen LogP contribution in [0.4, 0.5) is 11.4 Å². The minimum atomic E-state index is -0.429. The van der Waals surface area contributed by atoms with E-state index in [1.165, 1.54) is 14.2 Å². The van der Waals surface area contributed by atoms with Crippen LogP contribution in [0.5, 0.6) is 34.5 Å². The first-order valence-corrected chi connectivity index (χ1v) is 14.0. The Kier molecular flexibility index (Phi) is 9.29. The molecule has 0 unspecified atom stereocenters. The van der Waals surface area contributed by atoms with Crippen LogP contribution in [0.1, 0.15) is 65.2 Å². The predicted octanol–water partition coefficient (Wildman–Crippen LogP) is 5.56. The molecule has 0 aliphatic carbocycles.